The van der Waals surface area contributed by atoms with Gasteiger partial charge >= 0.3 is 0 Å². The molecule has 0 spiro atoms. The molecule has 0 aromatic carbocycles. The molecule has 1 aromatic rings. The fourth-order valence-corrected chi connectivity index (χ4v) is 0.937. The van der Waals surface area contributed by atoms with Crippen LogP contribution in [0.15, 0.2) is 12.3 Å². The first-order valence-corrected chi connectivity index (χ1v) is 3.62. The van der Waals surface area contributed by atoms with Crippen LogP contribution in [-0.2, 0) is 0 Å². The highest BCUT2D eigenvalue weighted by atomic mass is 16.5. The van der Waals surface area contributed by atoms with Crippen molar-refractivity contribution in [1.29, 1.82) is 5.26 Å². The van der Waals surface area contributed by atoms with Gasteiger partial charge in [-0.3, -0.25) is 0 Å². The average molecular weight is 165 g/mol. The molecule has 0 unspecified atom stereocenters. The summed E-state index contributed by atoms with van der Waals surface area (Å²) in [6, 6.07) is 3.58. The lowest BCUT2D eigenvalue weighted by atomic mass is 10.1. The van der Waals surface area contributed by atoms with Crippen molar-refractivity contribution in [3.63, 3.8) is 0 Å². The van der Waals surface area contributed by atoms with Gasteiger partial charge in [0.1, 0.15) is 0 Å². The summed E-state index contributed by atoms with van der Waals surface area (Å²) in [6.07, 6.45) is 2.07. The van der Waals surface area contributed by atoms with Gasteiger partial charge in [-0.2, -0.15) is 5.26 Å². The lowest BCUT2D eigenvalue weighted by Crippen LogP contribution is -2.07. The number of hydrogen-bond donors (Lipinski definition) is 2. The van der Waals surface area contributed by atoms with Crippen LogP contribution in [-0.4, -0.2) is 12.1 Å². The van der Waals surface area contributed by atoms with Gasteiger partial charge < -0.3 is 15.5 Å². The molecular weight excluding hydrogens is 154 g/mol. The Hall–Kier alpha value is -1.47. The second kappa shape index (κ2) is 3.79. The van der Waals surface area contributed by atoms with E-state index in [-0.39, 0.29) is 6.04 Å². The molecule has 1 atom stereocenters. The van der Waals surface area contributed by atoms with E-state index in [1.165, 1.54) is 0 Å². The lowest BCUT2D eigenvalue weighted by Gasteiger charge is -2.01. The van der Waals surface area contributed by atoms with Gasteiger partial charge in [0.2, 0.25) is 0 Å². The van der Waals surface area contributed by atoms with Crippen molar-refractivity contribution in [2.75, 3.05) is 7.11 Å². The van der Waals surface area contributed by atoms with E-state index in [2.05, 4.69) is 4.98 Å². The van der Waals surface area contributed by atoms with E-state index in [4.69, 9.17) is 15.7 Å². The van der Waals surface area contributed by atoms with Crippen molar-refractivity contribution in [1.82, 2.24) is 4.98 Å². The Kier molecular flexibility index (Phi) is 2.72. The summed E-state index contributed by atoms with van der Waals surface area (Å²) in [5.41, 5.74) is 6.57. The molecule has 64 valence electrons. The van der Waals surface area contributed by atoms with E-state index in [9.17, 15) is 0 Å². The van der Waals surface area contributed by atoms with Gasteiger partial charge in [-0.15, -0.1) is 0 Å². The standard InChI is InChI=1S/C8H11N3O/c1-12-8-4-6(5-11-8)7(10)2-3-9/h4-5,7,11H,2,10H2,1H3/t7-/m1/s1. The molecule has 0 aliphatic rings. The third-order valence-electron chi connectivity index (χ3n) is 1.64. The third kappa shape index (κ3) is 1.77. The molecule has 1 heterocycles. The quantitative estimate of drug-likeness (QED) is 0.699. The van der Waals surface area contributed by atoms with Gasteiger partial charge in [-0.05, 0) is 5.56 Å². The van der Waals surface area contributed by atoms with Crippen LogP contribution in [0, 0.1) is 11.3 Å². The number of nitrogens with two attached hydrogens (primary N) is 1. The SMILES string of the molecule is COc1cc([C@H](N)CC#N)c[nH]1. The van der Waals surface area contributed by atoms with Crippen molar-refractivity contribution >= 4 is 0 Å². The largest absolute Gasteiger partial charge is 0.482 e. The number of hydrogen-bond acceptors (Lipinski definition) is 3. The third-order valence-corrected chi connectivity index (χ3v) is 1.64. The van der Waals surface area contributed by atoms with Crippen molar-refractivity contribution in [2.45, 2.75) is 12.5 Å². The summed E-state index contributed by atoms with van der Waals surface area (Å²) in [4.78, 5) is 2.88. The van der Waals surface area contributed by atoms with Gasteiger partial charge in [-0.25, -0.2) is 0 Å². The first-order chi connectivity index (χ1) is 5.77. The number of ether oxygens (including phenoxy) is 1. The van der Waals surface area contributed by atoms with Crippen LogP contribution in [0.25, 0.3) is 0 Å². The molecule has 1 rings (SSSR count). The number of aromatic amines is 1. The smallest absolute Gasteiger partial charge is 0.190 e. The van der Waals surface area contributed by atoms with Crippen LogP contribution >= 0.6 is 0 Å². The predicted molar refractivity (Wildman–Crippen MR) is 44.5 cm³/mol. The van der Waals surface area contributed by atoms with Gasteiger partial charge in [0.15, 0.2) is 5.88 Å². The summed E-state index contributed by atoms with van der Waals surface area (Å²) in [7, 11) is 1.57. The Bertz CT molecular complexity index is 287. The number of rotatable bonds is 3. The van der Waals surface area contributed by atoms with E-state index >= 15 is 0 Å². The second-order valence-corrected chi connectivity index (χ2v) is 2.47. The zero-order valence-electron chi connectivity index (χ0n) is 6.87. The van der Waals surface area contributed by atoms with Crippen LogP contribution in [0.1, 0.15) is 18.0 Å². The molecule has 12 heavy (non-hydrogen) atoms. The Labute approximate surface area is 70.9 Å². The molecule has 0 amide bonds. The van der Waals surface area contributed by atoms with Crippen molar-refractivity contribution in [3.8, 4) is 11.9 Å². The first-order valence-electron chi connectivity index (χ1n) is 3.62. The maximum absolute atomic E-state index is 8.39. The Morgan fingerprint density at radius 2 is 2.58 bits per heavy atom. The van der Waals surface area contributed by atoms with E-state index in [0.717, 1.165) is 5.56 Å². The summed E-state index contributed by atoms with van der Waals surface area (Å²) >= 11 is 0. The summed E-state index contributed by atoms with van der Waals surface area (Å²) < 4.78 is 4.93. The Balaban J connectivity index is 2.69. The van der Waals surface area contributed by atoms with E-state index in [1.54, 1.807) is 19.4 Å². The van der Waals surface area contributed by atoms with Crippen molar-refractivity contribution < 1.29 is 4.74 Å². The van der Waals surface area contributed by atoms with Crippen LogP contribution < -0.4 is 10.5 Å². The van der Waals surface area contributed by atoms with Crippen LogP contribution in [0.3, 0.4) is 0 Å². The molecule has 0 radical (unpaired) electrons. The van der Waals surface area contributed by atoms with Gasteiger partial charge in [0.05, 0.1) is 19.6 Å². The maximum atomic E-state index is 8.39. The number of aromatic nitrogens is 1. The zero-order valence-corrected chi connectivity index (χ0v) is 6.87. The highest BCUT2D eigenvalue weighted by Crippen LogP contribution is 2.18. The van der Waals surface area contributed by atoms with E-state index < -0.39 is 0 Å². The fourth-order valence-electron chi connectivity index (χ4n) is 0.937. The van der Waals surface area contributed by atoms with Crippen LogP contribution in [0.4, 0.5) is 0 Å². The summed E-state index contributed by atoms with van der Waals surface area (Å²) in [5.74, 6) is 0.665. The first kappa shape index (κ1) is 8.62. The highest BCUT2D eigenvalue weighted by Gasteiger charge is 2.07. The molecule has 0 bridgehead atoms. The minimum absolute atomic E-state index is 0.227. The molecule has 4 nitrogen and oxygen atoms in total. The van der Waals surface area contributed by atoms with Crippen LogP contribution in [0.5, 0.6) is 5.88 Å². The van der Waals surface area contributed by atoms with Gasteiger partial charge in [0, 0.05) is 18.3 Å². The molecular formula is C8H11N3O. The molecule has 0 fully saturated rings. The lowest BCUT2D eigenvalue weighted by molar-refractivity contribution is 0.400. The summed E-state index contributed by atoms with van der Waals surface area (Å²) in [6.45, 7) is 0. The molecule has 0 aliphatic heterocycles. The number of nitriles is 1. The number of nitrogens with zero attached hydrogens (tertiary/aromatic N) is 1. The monoisotopic (exact) mass is 165 g/mol. The topological polar surface area (TPSA) is 74.8 Å². The number of methoxy groups -OCH3 is 1. The summed E-state index contributed by atoms with van der Waals surface area (Å²) in [5, 5.41) is 8.39. The van der Waals surface area contributed by atoms with E-state index in [0.29, 0.717) is 12.3 Å². The number of H-pyrrole nitrogens is 1. The normalized spacial score (nSPS) is 12.1. The van der Waals surface area contributed by atoms with Crippen LogP contribution in [0.2, 0.25) is 0 Å². The van der Waals surface area contributed by atoms with Gasteiger partial charge in [-0.1, -0.05) is 0 Å². The van der Waals surface area contributed by atoms with E-state index in [1.807, 2.05) is 6.07 Å². The molecule has 0 aliphatic carbocycles. The maximum Gasteiger partial charge on any atom is 0.190 e. The molecule has 3 N–H and O–H groups in total. The molecule has 0 saturated carbocycles. The minimum Gasteiger partial charge on any atom is -0.482 e. The molecule has 0 saturated heterocycles. The number of nitrogens with one attached hydrogen (secondary N) is 1. The Morgan fingerprint density at radius 3 is 3.08 bits per heavy atom. The molecule has 4 heteroatoms. The molecule has 1 aromatic heterocycles. The average Bonchev–Trinajstić information content (AvgIpc) is 2.52. The van der Waals surface area contributed by atoms with Gasteiger partial charge in [0.25, 0.3) is 0 Å². The minimum atomic E-state index is -0.227. The van der Waals surface area contributed by atoms with Crippen molar-refractivity contribution in [2.24, 2.45) is 5.73 Å². The highest BCUT2D eigenvalue weighted by molar-refractivity contribution is 5.24. The fraction of sp³-hybridized carbons (Fsp3) is 0.375. The Morgan fingerprint density at radius 1 is 1.83 bits per heavy atom. The zero-order chi connectivity index (χ0) is 8.97. The predicted octanol–water partition coefficient (Wildman–Crippen LogP) is 0.937. The second-order valence-electron chi connectivity index (χ2n) is 2.47. The van der Waals surface area contributed by atoms with Crippen molar-refractivity contribution in [3.05, 3.63) is 17.8 Å².